The van der Waals surface area contributed by atoms with Gasteiger partial charge in [0.15, 0.2) is 5.82 Å². The van der Waals surface area contributed by atoms with Gasteiger partial charge in [-0.15, -0.1) is 10.2 Å². The van der Waals surface area contributed by atoms with Crippen LogP contribution in [0.25, 0.3) is 10.9 Å². The monoisotopic (exact) mass is 378 g/mol. The number of carbonyl (C=O) groups is 1. The first-order chi connectivity index (χ1) is 12.1. The van der Waals surface area contributed by atoms with Crippen molar-refractivity contribution in [3.05, 3.63) is 39.8 Å². The maximum absolute atomic E-state index is 12.8. The fourth-order valence-electron chi connectivity index (χ4n) is 3.30. The van der Waals surface area contributed by atoms with Gasteiger partial charge in [0.05, 0.1) is 5.02 Å². The highest BCUT2D eigenvalue weighted by molar-refractivity contribution is 6.39. The standard InChI is InChI=1S/C16H16Cl2N6O/c17-10-1-2-12-11(8-10)14(18)15(19-12)16(25)24-5-3-9(4-6-24)7-13-20-22-23-21-13/h1-2,8-9,19H,3-7H2,(H,20,21,22,23). The minimum absolute atomic E-state index is 0.0738. The molecule has 25 heavy (non-hydrogen) atoms. The van der Waals surface area contributed by atoms with Crippen molar-refractivity contribution in [1.29, 1.82) is 0 Å². The molecule has 2 N–H and O–H groups in total. The molecule has 1 fully saturated rings. The van der Waals surface area contributed by atoms with E-state index in [1.54, 1.807) is 12.1 Å². The predicted molar refractivity (Wildman–Crippen MR) is 94.8 cm³/mol. The maximum atomic E-state index is 12.8. The Hall–Kier alpha value is -2.12. The first kappa shape index (κ1) is 16.4. The quantitative estimate of drug-likeness (QED) is 0.732. The maximum Gasteiger partial charge on any atom is 0.271 e. The molecular weight excluding hydrogens is 363 g/mol. The molecule has 1 aromatic carbocycles. The third kappa shape index (κ3) is 3.21. The number of aromatic nitrogens is 5. The number of rotatable bonds is 3. The van der Waals surface area contributed by atoms with E-state index < -0.39 is 0 Å². The Morgan fingerprint density at radius 2 is 2.08 bits per heavy atom. The third-order valence-corrected chi connectivity index (χ3v) is 5.30. The molecule has 1 saturated heterocycles. The summed E-state index contributed by atoms with van der Waals surface area (Å²) >= 11 is 12.4. The predicted octanol–water partition coefficient (Wildman–Crippen LogP) is 3.08. The lowest BCUT2D eigenvalue weighted by molar-refractivity contribution is 0.0685. The highest BCUT2D eigenvalue weighted by Crippen LogP contribution is 2.31. The van der Waals surface area contributed by atoms with Crippen LogP contribution in [0.1, 0.15) is 29.2 Å². The molecule has 9 heteroatoms. The molecule has 3 heterocycles. The summed E-state index contributed by atoms with van der Waals surface area (Å²) in [7, 11) is 0. The topological polar surface area (TPSA) is 90.6 Å². The number of amides is 1. The molecule has 0 unspecified atom stereocenters. The van der Waals surface area contributed by atoms with E-state index in [0.29, 0.717) is 34.7 Å². The summed E-state index contributed by atoms with van der Waals surface area (Å²) in [5.41, 5.74) is 1.24. The number of piperidine rings is 1. The van der Waals surface area contributed by atoms with Crippen LogP contribution < -0.4 is 0 Å². The summed E-state index contributed by atoms with van der Waals surface area (Å²) in [5, 5.41) is 15.8. The van der Waals surface area contributed by atoms with Crippen molar-refractivity contribution in [3.8, 4) is 0 Å². The van der Waals surface area contributed by atoms with Gasteiger partial charge in [0.25, 0.3) is 5.91 Å². The number of hydrogen-bond acceptors (Lipinski definition) is 4. The molecule has 0 aliphatic carbocycles. The second kappa shape index (κ2) is 6.65. The van der Waals surface area contributed by atoms with Gasteiger partial charge < -0.3 is 9.88 Å². The Bertz CT molecular complexity index is 899. The number of H-pyrrole nitrogens is 2. The zero-order chi connectivity index (χ0) is 17.4. The van der Waals surface area contributed by atoms with Crippen molar-refractivity contribution in [3.63, 3.8) is 0 Å². The average molecular weight is 379 g/mol. The normalized spacial score (nSPS) is 15.8. The Labute approximate surface area is 153 Å². The van der Waals surface area contributed by atoms with E-state index in [4.69, 9.17) is 23.2 Å². The fourth-order valence-corrected chi connectivity index (χ4v) is 3.76. The van der Waals surface area contributed by atoms with Crippen LogP contribution in [-0.2, 0) is 6.42 Å². The van der Waals surface area contributed by atoms with Crippen LogP contribution in [0, 0.1) is 5.92 Å². The number of fused-ring (bicyclic) bond motifs is 1. The van der Waals surface area contributed by atoms with Gasteiger partial charge in [0, 0.05) is 35.4 Å². The lowest BCUT2D eigenvalue weighted by Gasteiger charge is -2.31. The summed E-state index contributed by atoms with van der Waals surface area (Å²) in [4.78, 5) is 17.8. The molecule has 1 aliphatic rings. The summed E-state index contributed by atoms with van der Waals surface area (Å²) in [6.07, 6.45) is 2.60. The van der Waals surface area contributed by atoms with Crippen molar-refractivity contribution in [2.24, 2.45) is 5.92 Å². The van der Waals surface area contributed by atoms with Gasteiger partial charge in [-0.2, -0.15) is 5.21 Å². The molecule has 0 bridgehead atoms. The van der Waals surface area contributed by atoms with E-state index in [2.05, 4.69) is 25.6 Å². The molecule has 0 saturated carbocycles. The van der Waals surface area contributed by atoms with Gasteiger partial charge in [-0.25, -0.2) is 0 Å². The number of nitrogens with zero attached hydrogens (tertiary/aromatic N) is 4. The van der Waals surface area contributed by atoms with Crippen LogP contribution in [0.5, 0.6) is 0 Å². The first-order valence-electron chi connectivity index (χ1n) is 8.10. The van der Waals surface area contributed by atoms with E-state index >= 15 is 0 Å². The van der Waals surface area contributed by atoms with E-state index in [-0.39, 0.29) is 5.91 Å². The zero-order valence-corrected chi connectivity index (χ0v) is 14.8. The second-order valence-electron chi connectivity index (χ2n) is 6.27. The highest BCUT2D eigenvalue weighted by atomic mass is 35.5. The third-order valence-electron chi connectivity index (χ3n) is 4.67. The van der Waals surface area contributed by atoms with Crippen LogP contribution in [0.15, 0.2) is 18.2 Å². The van der Waals surface area contributed by atoms with Gasteiger partial charge in [-0.3, -0.25) is 4.79 Å². The Balaban J connectivity index is 1.46. The molecule has 1 amide bonds. The van der Waals surface area contributed by atoms with Crippen molar-refractivity contribution >= 4 is 40.0 Å². The Morgan fingerprint density at radius 1 is 1.28 bits per heavy atom. The molecule has 4 rings (SSSR count). The molecule has 0 atom stereocenters. The number of carbonyl (C=O) groups excluding carboxylic acids is 1. The SMILES string of the molecule is O=C(c1[nH]c2ccc(Cl)cc2c1Cl)N1CCC(Cc2nn[nH]n2)CC1. The molecule has 0 radical (unpaired) electrons. The average Bonchev–Trinajstić information content (AvgIpc) is 3.23. The smallest absolute Gasteiger partial charge is 0.271 e. The largest absolute Gasteiger partial charge is 0.349 e. The van der Waals surface area contributed by atoms with E-state index in [1.807, 2.05) is 11.0 Å². The fraction of sp³-hybridized carbons (Fsp3) is 0.375. The number of halogens is 2. The van der Waals surface area contributed by atoms with Crippen molar-refractivity contribution in [1.82, 2.24) is 30.5 Å². The summed E-state index contributed by atoms with van der Waals surface area (Å²) in [6, 6.07) is 5.37. The summed E-state index contributed by atoms with van der Waals surface area (Å²) < 4.78 is 0. The Kier molecular flexibility index (Phi) is 4.35. The van der Waals surface area contributed by atoms with Gasteiger partial charge >= 0.3 is 0 Å². The van der Waals surface area contributed by atoms with Crippen LogP contribution in [0.4, 0.5) is 0 Å². The van der Waals surface area contributed by atoms with Crippen molar-refractivity contribution < 1.29 is 4.79 Å². The highest BCUT2D eigenvalue weighted by Gasteiger charge is 2.27. The first-order valence-corrected chi connectivity index (χ1v) is 8.85. The van der Waals surface area contributed by atoms with Crippen LogP contribution in [-0.4, -0.2) is 49.5 Å². The van der Waals surface area contributed by atoms with Crippen LogP contribution in [0.2, 0.25) is 10.0 Å². The van der Waals surface area contributed by atoms with E-state index in [9.17, 15) is 4.79 Å². The van der Waals surface area contributed by atoms with Gasteiger partial charge in [-0.05, 0) is 37.0 Å². The molecule has 1 aliphatic heterocycles. The number of benzene rings is 1. The molecule has 3 aromatic rings. The number of tetrazole rings is 1. The van der Waals surface area contributed by atoms with Crippen molar-refractivity contribution in [2.45, 2.75) is 19.3 Å². The molecule has 7 nitrogen and oxygen atoms in total. The van der Waals surface area contributed by atoms with Gasteiger partial charge in [-0.1, -0.05) is 28.4 Å². The number of nitrogens with one attached hydrogen (secondary N) is 2. The van der Waals surface area contributed by atoms with Crippen LogP contribution in [0.3, 0.4) is 0 Å². The minimum atomic E-state index is -0.0738. The number of hydrogen-bond donors (Lipinski definition) is 2. The van der Waals surface area contributed by atoms with Crippen LogP contribution >= 0.6 is 23.2 Å². The zero-order valence-electron chi connectivity index (χ0n) is 13.3. The van der Waals surface area contributed by atoms with E-state index in [1.165, 1.54) is 0 Å². The number of aromatic amines is 2. The molecule has 2 aromatic heterocycles. The number of likely N-dealkylation sites (tertiary alicyclic amines) is 1. The lowest BCUT2D eigenvalue weighted by Crippen LogP contribution is -2.39. The molecular formula is C16H16Cl2N6O. The summed E-state index contributed by atoms with van der Waals surface area (Å²) in [6.45, 7) is 1.38. The Morgan fingerprint density at radius 3 is 2.80 bits per heavy atom. The van der Waals surface area contributed by atoms with Crippen molar-refractivity contribution in [2.75, 3.05) is 13.1 Å². The second-order valence-corrected chi connectivity index (χ2v) is 7.09. The minimum Gasteiger partial charge on any atom is -0.349 e. The lowest BCUT2D eigenvalue weighted by atomic mass is 9.93. The van der Waals surface area contributed by atoms with Gasteiger partial charge in [0.2, 0.25) is 0 Å². The van der Waals surface area contributed by atoms with E-state index in [0.717, 1.165) is 36.0 Å². The summed E-state index contributed by atoms with van der Waals surface area (Å²) in [5.74, 6) is 1.11. The van der Waals surface area contributed by atoms with Gasteiger partial charge in [0.1, 0.15) is 5.69 Å². The molecule has 0 spiro atoms. The molecule has 130 valence electrons.